The van der Waals surface area contributed by atoms with E-state index in [-0.39, 0.29) is 28.9 Å². The molecule has 6 nitrogen and oxygen atoms in total. The van der Waals surface area contributed by atoms with Gasteiger partial charge in [0.2, 0.25) is 15.9 Å². The van der Waals surface area contributed by atoms with Crippen LogP contribution in [-0.4, -0.2) is 43.8 Å². The predicted octanol–water partition coefficient (Wildman–Crippen LogP) is 0.386. The van der Waals surface area contributed by atoms with Crippen LogP contribution in [0.5, 0.6) is 0 Å². The highest BCUT2D eigenvalue weighted by Gasteiger charge is 2.25. The molecule has 1 rings (SSSR count). The monoisotopic (exact) mass is 329 g/mol. The van der Waals surface area contributed by atoms with Gasteiger partial charge in [-0.1, -0.05) is 25.2 Å². The molecule has 1 aromatic rings. The van der Waals surface area contributed by atoms with Crippen LogP contribution in [0, 0.1) is 6.92 Å². The molecular formula is C13H19N3O3S2. The first kappa shape index (κ1) is 17.5. The third-order valence-corrected chi connectivity index (χ3v) is 5.19. The van der Waals surface area contributed by atoms with Crippen molar-refractivity contribution in [2.75, 3.05) is 20.1 Å². The second-order valence-corrected chi connectivity index (χ2v) is 6.82. The third-order valence-electron chi connectivity index (χ3n) is 3.05. The second kappa shape index (κ2) is 6.97. The minimum Gasteiger partial charge on any atom is -0.389 e. The van der Waals surface area contributed by atoms with Gasteiger partial charge in [-0.05, 0) is 24.6 Å². The Morgan fingerprint density at radius 2 is 2.05 bits per heavy atom. The van der Waals surface area contributed by atoms with E-state index in [0.29, 0.717) is 11.1 Å². The van der Waals surface area contributed by atoms with E-state index in [2.05, 4.69) is 5.32 Å². The minimum absolute atomic E-state index is 0.116. The number of nitrogens with two attached hydrogens (primary N) is 1. The Hall–Kier alpha value is -1.51. The molecule has 0 radical (unpaired) electrons. The molecule has 1 amide bonds. The summed E-state index contributed by atoms with van der Waals surface area (Å²) in [4.78, 5) is 11.8. The second-order valence-electron chi connectivity index (χ2n) is 4.45. The molecule has 0 saturated heterocycles. The maximum Gasteiger partial charge on any atom is 0.243 e. The molecule has 0 saturated carbocycles. The quantitative estimate of drug-likeness (QED) is 0.736. The summed E-state index contributed by atoms with van der Waals surface area (Å²) in [5, 5.41) is 2.41. The third kappa shape index (κ3) is 3.99. The number of carbonyl (C=O) groups is 1. The summed E-state index contributed by atoms with van der Waals surface area (Å²) in [7, 11) is -2.27. The molecule has 0 spiro atoms. The fourth-order valence-corrected chi connectivity index (χ4v) is 3.55. The van der Waals surface area contributed by atoms with Gasteiger partial charge >= 0.3 is 0 Å². The zero-order valence-electron chi connectivity index (χ0n) is 12.2. The molecular weight excluding hydrogens is 310 g/mol. The van der Waals surface area contributed by atoms with Crippen molar-refractivity contribution in [2.45, 2.75) is 18.7 Å². The van der Waals surface area contributed by atoms with Crippen molar-refractivity contribution < 1.29 is 13.2 Å². The van der Waals surface area contributed by atoms with Crippen LogP contribution in [0.25, 0.3) is 0 Å². The maximum atomic E-state index is 12.5. The molecule has 0 aliphatic carbocycles. The normalized spacial score (nSPS) is 11.4. The van der Waals surface area contributed by atoms with E-state index in [0.717, 1.165) is 4.31 Å². The van der Waals surface area contributed by atoms with Crippen LogP contribution in [0.2, 0.25) is 0 Å². The SMILES string of the molecule is CCN(CC(=O)NC)S(=O)(=O)c1ccc(C(N)=S)c(C)c1. The lowest BCUT2D eigenvalue weighted by atomic mass is 10.1. The molecule has 21 heavy (non-hydrogen) atoms. The van der Waals surface area contributed by atoms with Crippen LogP contribution >= 0.6 is 12.2 Å². The maximum absolute atomic E-state index is 12.5. The molecule has 0 atom stereocenters. The Morgan fingerprint density at radius 1 is 1.43 bits per heavy atom. The number of hydrogen-bond donors (Lipinski definition) is 2. The Balaban J connectivity index is 3.20. The number of likely N-dealkylation sites (N-methyl/N-ethyl adjacent to an activating group) is 2. The van der Waals surface area contributed by atoms with Crippen LogP contribution in [0.3, 0.4) is 0 Å². The van der Waals surface area contributed by atoms with E-state index in [1.165, 1.54) is 19.2 Å². The lowest BCUT2D eigenvalue weighted by molar-refractivity contribution is -0.120. The number of aryl methyl sites for hydroxylation is 1. The first-order valence-electron chi connectivity index (χ1n) is 6.35. The molecule has 0 aromatic heterocycles. The highest BCUT2D eigenvalue weighted by atomic mass is 32.2. The van der Waals surface area contributed by atoms with Crippen LogP contribution in [0.15, 0.2) is 23.1 Å². The number of amides is 1. The summed E-state index contributed by atoms with van der Waals surface area (Å²) in [6, 6.07) is 4.54. The predicted molar refractivity (Wildman–Crippen MR) is 85.6 cm³/mol. The number of sulfonamides is 1. The summed E-state index contributed by atoms with van der Waals surface area (Å²) in [6.45, 7) is 3.40. The van der Waals surface area contributed by atoms with Crippen molar-refractivity contribution in [2.24, 2.45) is 5.73 Å². The van der Waals surface area contributed by atoms with Gasteiger partial charge < -0.3 is 11.1 Å². The van der Waals surface area contributed by atoms with Crippen molar-refractivity contribution in [3.05, 3.63) is 29.3 Å². The van der Waals surface area contributed by atoms with E-state index >= 15 is 0 Å². The first-order valence-corrected chi connectivity index (χ1v) is 8.20. The number of carbonyl (C=O) groups excluding carboxylic acids is 1. The minimum atomic E-state index is -3.73. The van der Waals surface area contributed by atoms with E-state index in [1.807, 2.05) is 0 Å². The van der Waals surface area contributed by atoms with Gasteiger partial charge in [0.15, 0.2) is 0 Å². The van der Waals surface area contributed by atoms with E-state index in [4.69, 9.17) is 18.0 Å². The molecule has 3 N–H and O–H groups in total. The molecule has 0 unspecified atom stereocenters. The van der Waals surface area contributed by atoms with Crippen molar-refractivity contribution in [1.29, 1.82) is 0 Å². The lowest BCUT2D eigenvalue weighted by Gasteiger charge is -2.20. The molecule has 0 aliphatic heterocycles. The number of rotatable bonds is 6. The zero-order chi connectivity index (χ0) is 16.2. The molecule has 8 heteroatoms. The molecule has 0 heterocycles. The van der Waals surface area contributed by atoms with Crippen LogP contribution < -0.4 is 11.1 Å². The van der Waals surface area contributed by atoms with E-state index in [1.54, 1.807) is 19.9 Å². The van der Waals surface area contributed by atoms with Gasteiger partial charge in [0.1, 0.15) is 4.99 Å². The summed E-state index contributed by atoms with van der Waals surface area (Å²) in [5.74, 6) is -0.364. The van der Waals surface area contributed by atoms with Crippen molar-refractivity contribution >= 4 is 33.1 Å². The van der Waals surface area contributed by atoms with E-state index in [9.17, 15) is 13.2 Å². The molecule has 0 aliphatic rings. The Labute approximate surface area is 130 Å². The number of nitrogens with zero attached hydrogens (tertiary/aromatic N) is 1. The molecule has 0 fully saturated rings. The Kier molecular flexibility index (Phi) is 5.82. The number of benzene rings is 1. The molecule has 1 aromatic carbocycles. The largest absolute Gasteiger partial charge is 0.389 e. The van der Waals surface area contributed by atoms with Crippen molar-refractivity contribution in [3.8, 4) is 0 Å². The van der Waals surface area contributed by atoms with Gasteiger partial charge in [-0.25, -0.2) is 8.42 Å². The fourth-order valence-electron chi connectivity index (χ4n) is 1.83. The Morgan fingerprint density at radius 3 is 2.48 bits per heavy atom. The standard InChI is InChI=1S/C13H19N3O3S2/c1-4-16(8-12(17)15-3)21(18,19)10-5-6-11(13(14)20)9(2)7-10/h5-7H,4,8H2,1-3H3,(H2,14,20)(H,15,17). The highest BCUT2D eigenvalue weighted by Crippen LogP contribution is 2.19. The summed E-state index contributed by atoms with van der Waals surface area (Å²) in [6.07, 6.45) is 0. The molecule has 116 valence electrons. The van der Waals surface area contributed by atoms with Crippen LogP contribution in [0.1, 0.15) is 18.1 Å². The fraction of sp³-hybridized carbons (Fsp3) is 0.385. The van der Waals surface area contributed by atoms with Crippen molar-refractivity contribution in [3.63, 3.8) is 0 Å². The lowest BCUT2D eigenvalue weighted by Crippen LogP contribution is -2.39. The number of hydrogen-bond acceptors (Lipinski definition) is 4. The van der Waals surface area contributed by atoms with Crippen LogP contribution in [-0.2, 0) is 14.8 Å². The van der Waals surface area contributed by atoms with Crippen LogP contribution in [0.4, 0.5) is 0 Å². The first-order chi connectivity index (χ1) is 9.73. The number of thiocarbonyl (C=S) groups is 1. The van der Waals surface area contributed by atoms with E-state index < -0.39 is 10.0 Å². The average Bonchev–Trinajstić information content (AvgIpc) is 2.43. The zero-order valence-corrected chi connectivity index (χ0v) is 13.8. The average molecular weight is 329 g/mol. The van der Waals surface area contributed by atoms with Crippen molar-refractivity contribution in [1.82, 2.24) is 9.62 Å². The number of nitrogens with one attached hydrogen (secondary N) is 1. The Bertz CT molecular complexity index is 657. The van der Waals surface area contributed by atoms with Gasteiger partial charge in [0.25, 0.3) is 0 Å². The molecule has 0 bridgehead atoms. The van der Waals surface area contributed by atoms with Gasteiger partial charge in [-0.2, -0.15) is 4.31 Å². The van der Waals surface area contributed by atoms with Gasteiger partial charge in [0, 0.05) is 19.2 Å². The topological polar surface area (TPSA) is 92.5 Å². The highest BCUT2D eigenvalue weighted by molar-refractivity contribution is 7.89. The van der Waals surface area contributed by atoms with Gasteiger partial charge in [-0.15, -0.1) is 0 Å². The van der Waals surface area contributed by atoms with Gasteiger partial charge in [-0.3, -0.25) is 4.79 Å². The smallest absolute Gasteiger partial charge is 0.243 e. The summed E-state index contributed by atoms with van der Waals surface area (Å²) < 4.78 is 26.2. The summed E-state index contributed by atoms with van der Waals surface area (Å²) in [5.41, 5.74) is 6.88. The summed E-state index contributed by atoms with van der Waals surface area (Å²) >= 11 is 4.90. The van der Waals surface area contributed by atoms with Gasteiger partial charge in [0.05, 0.1) is 11.4 Å².